The van der Waals surface area contributed by atoms with Gasteiger partial charge in [0.2, 0.25) is 15.9 Å². The number of alkyl halides is 3. The minimum atomic E-state index is -4.50. The number of carbonyl (C=O) groups excluding carboxylic acids is 1. The molecular weight excluding hydrogens is 388 g/mol. The average molecular weight is 404 g/mol. The van der Waals surface area contributed by atoms with E-state index < -0.39 is 39.5 Å². The maximum Gasteiger partial charge on any atom is 0.416 e. The molecule has 10 heteroatoms. The first-order valence-electron chi connectivity index (χ1n) is 7.79. The predicted molar refractivity (Wildman–Crippen MR) is 90.9 cm³/mol. The van der Waals surface area contributed by atoms with Crippen LogP contribution in [0.25, 0.3) is 0 Å². The molecule has 0 radical (unpaired) electrons. The van der Waals surface area contributed by atoms with Gasteiger partial charge in [-0.15, -0.1) is 0 Å². The van der Waals surface area contributed by atoms with Gasteiger partial charge in [0.25, 0.3) is 0 Å². The molecule has 27 heavy (non-hydrogen) atoms. The van der Waals surface area contributed by atoms with Crippen molar-refractivity contribution in [3.05, 3.63) is 59.9 Å². The SMILES string of the molecule is CCC(NS(=O)(=O)c1ccc(F)cc1)C(=O)Nc1ccc(C(F)(F)F)cc1. The third kappa shape index (κ3) is 5.51. The van der Waals surface area contributed by atoms with E-state index in [1.54, 1.807) is 6.92 Å². The minimum Gasteiger partial charge on any atom is -0.325 e. The van der Waals surface area contributed by atoms with Crippen LogP contribution in [0, 0.1) is 5.82 Å². The number of rotatable bonds is 6. The van der Waals surface area contributed by atoms with E-state index in [1.165, 1.54) is 0 Å². The van der Waals surface area contributed by atoms with Crippen molar-refractivity contribution >= 4 is 21.6 Å². The first kappa shape index (κ1) is 20.8. The molecule has 5 nitrogen and oxygen atoms in total. The van der Waals surface area contributed by atoms with Gasteiger partial charge in [0, 0.05) is 5.69 Å². The summed E-state index contributed by atoms with van der Waals surface area (Å²) >= 11 is 0. The molecule has 0 saturated carbocycles. The molecule has 0 spiro atoms. The maximum absolute atomic E-state index is 12.9. The molecular formula is C17H16F4N2O3S. The standard InChI is InChI=1S/C17H16F4N2O3S/c1-2-15(23-27(25,26)14-9-5-12(18)6-10-14)16(24)22-13-7-3-11(4-8-13)17(19,20)21/h3-10,15,23H,2H2,1H3,(H,22,24). The normalized spacial score (nSPS) is 13.2. The minimum absolute atomic E-state index is 0.0902. The van der Waals surface area contributed by atoms with Crippen LogP contribution in [0.15, 0.2) is 53.4 Å². The van der Waals surface area contributed by atoms with E-state index in [0.29, 0.717) is 0 Å². The lowest BCUT2D eigenvalue weighted by atomic mass is 10.2. The summed E-state index contributed by atoms with van der Waals surface area (Å²) in [7, 11) is -4.08. The van der Waals surface area contributed by atoms with Gasteiger partial charge in [-0.2, -0.15) is 17.9 Å². The van der Waals surface area contributed by atoms with E-state index in [-0.39, 0.29) is 17.0 Å². The van der Waals surface area contributed by atoms with Gasteiger partial charge < -0.3 is 5.32 Å². The summed E-state index contributed by atoms with van der Waals surface area (Å²) < 4.78 is 77.3. The van der Waals surface area contributed by atoms with E-state index >= 15 is 0 Å². The number of hydrogen-bond donors (Lipinski definition) is 2. The zero-order chi connectivity index (χ0) is 20.2. The van der Waals surface area contributed by atoms with Crippen molar-refractivity contribution in [3.8, 4) is 0 Å². The third-order valence-corrected chi connectivity index (χ3v) is 5.11. The van der Waals surface area contributed by atoms with Gasteiger partial charge in [-0.1, -0.05) is 6.92 Å². The highest BCUT2D eigenvalue weighted by molar-refractivity contribution is 7.89. The van der Waals surface area contributed by atoms with Crippen molar-refractivity contribution < 1.29 is 30.8 Å². The van der Waals surface area contributed by atoms with Gasteiger partial charge in [0.05, 0.1) is 10.5 Å². The lowest BCUT2D eigenvalue weighted by molar-refractivity contribution is -0.137. The highest BCUT2D eigenvalue weighted by Gasteiger charge is 2.30. The number of halogens is 4. The second-order valence-electron chi connectivity index (χ2n) is 5.60. The van der Waals surface area contributed by atoms with Crippen molar-refractivity contribution in [2.75, 3.05) is 5.32 Å². The van der Waals surface area contributed by atoms with Crippen LogP contribution in [-0.2, 0) is 21.0 Å². The Morgan fingerprint density at radius 3 is 2.07 bits per heavy atom. The second kappa shape index (κ2) is 8.05. The molecule has 1 amide bonds. The van der Waals surface area contributed by atoms with Crippen molar-refractivity contribution in [2.45, 2.75) is 30.5 Å². The Hall–Kier alpha value is -2.46. The Kier molecular flexibility index (Phi) is 6.22. The zero-order valence-electron chi connectivity index (χ0n) is 14.0. The number of anilines is 1. The van der Waals surface area contributed by atoms with Crippen LogP contribution in [0.5, 0.6) is 0 Å². The van der Waals surface area contributed by atoms with Crippen molar-refractivity contribution in [2.24, 2.45) is 0 Å². The largest absolute Gasteiger partial charge is 0.416 e. The second-order valence-corrected chi connectivity index (χ2v) is 7.31. The summed E-state index contributed by atoms with van der Waals surface area (Å²) in [6.45, 7) is 1.56. The van der Waals surface area contributed by atoms with Gasteiger partial charge in [-0.05, 0) is 55.0 Å². The van der Waals surface area contributed by atoms with Crippen molar-refractivity contribution in [1.29, 1.82) is 0 Å². The molecule has 0 aromatic heterocycles. The van der Waals surface area contributed by atoms with Gasteiger partial charge in [-0.3, -0.25) is 4.79 Å². The Morgan fingerprint density at radius 1 is 1.04 bits per heavy atom. The molecule has 0 aliphatic carbocycles. The number of carbonyl (C=O) groups is 1. The third-order valence-electron chi connectivity index (χ3n) is 3.63. The van der Waals surface area contributed by atoms with Gasteiger partial charge >= 0.3 is 6.18 Å². The summed E-state index contributed by atoms with van der Waals surface area (Å²) in [5.74, 6) is -1.34. The van der Waals surface area contributed by atoms with Crippen LogP contribution in [0.4, 0.5) is 23.2 Å². The summed E-state index contributed by atoms with van der Waals surface area (Å²) in [6.07, 6.45) is -4.41. The fourth-order valence-corrected chi connectivity index (χ4v) is 3.44. The Labute approximate surface area is 153 Å². The molecule has 2 rings (SSSR count). The summed E-state index contributed by atoms with van der Waals surface area (Å²) in [4.78, 5) is 12.1. The van der Waals surface area contributed by atoms with Gasteiger partial charge in [-0.25, -0.2) is 12.8 Å². The first-order chi connectivity index (χ1) is 12.5. The molecule has 0 saturated heterocycles. The summed E-state index contributed by atoms with van der Waals surface area (Å²) in [6, 6.07) is 6.64. The van der Waals surface area contributed by atoms with Crippen LogP contribution in [-0.4, -0.2) is 20.4 Å². The molecule has 0 aliphatic rings. The number of benzene rings is 2. The van der Waals surface area contributed by atoms with Gasteiger partial charge in [0.15, 0.2) is 0 Å². The molecule has 2 aromatic carbocycles. The molecule has 2 N–H and O–H groups in total. The Bertz CT molecular complexity index is 895. The smallest absolute Gasteiger partial charge is 0.325 e. The predicted octanol–water partition coefficient (Wildman–Crippen LogP) is 3.54. The van der Waals surface area contributed by atoms with E-state index in [4.69, 9.17) is 0 Å². The fourth-order valence-electron chi connectivity index (χ4n) is 2.16. The summed E-state index contributed by atoms with van der Waals surface area (Å²) in [5.41, 5.74) is -0.781. The van der Waals surface area contributed by atoms with E-state index in [0.717, 1.165) is 48.5 Å². The average Bonchev–Trinajstić information content (AvgIpc) is 2.59. The molecule has 1 atom stereocenters. The van der Waals surface area contributed by atoms with Crippen LogP contribution < -0.4 is 10.0 Å². The van der Waals surface area contributed by atoms with Crippen molar-refractivity contribution in [3.63, 3.8) is 0 Å². The number of hydrogen-bond acceptors (Lipinski definition) is 3. The lowest BCUT2D eigenvalue weighted by Crippen LogP contribution is -2.43. The number of nitrogens with one attached hydrogen (secondary N) is 2. The maximum atomic E-state index is 12.9. The summed E-state index contributed by atoms with van der Waals surface area (Å²) in [5, 5.41) is 2.36. The Morgan fingerprint density at radius 2 is 1.59 bits per heavy atom. The van der Waals surface area contributed by atoms with E-state index in [1.807, 2.05) is 0 Å². The van der Waals surface area contributed by atoms with Crippen LogP contribution in [0.2, 0.25) is 0 Å². The topological polar surface area (TPSA) is 75.3 Å². The fraction of sp³-hybridized carbons (Fsp3) is 0.235. The van der Waals surface area contributed by atoms with Crippen LogP contribution >= 0.6 is 0 Å². The molecule has 0 heterocycles. The van der Waals surface area contributed by atoms with E-state index in [9.17, 15) is 30.8 Å². The quantitative estimate of drug-likeness (QED) is 0.724. The monoisotopic (exact) mass is 404 g/mol. The van der Waals surface area contributed by atoms with Gasteiger partial charge in [0.1, 0.15) is 11.9 Å². The molecule has 0 fully saturated rings. The Balaban J connectivity index is 2.10. The van der Waals surface area contributed by atoms with Crippen LogP contribution in [0.3, 0.4) is 0 Å². The molecule has 0 bridgehead atoms. The molecule has 146 valence electrons. The highest BCUT2D eigenvalue weighted by Crippen LogP contribution is 2.29. The van der Waals surface area contributed by atoms with E-state index in [2.05, 4.69) is 10.0 Å². The molecule has 0 aliphatic heterocycles. The first-order valence-corrected chi connectivity index (χ1v) is 9.27. The number of sulfonamides is 1. The zero-order valence-corrected chi connectivity index (χ0v) is 14.9. The van der Waals surface area contributed by atoms with Crippen molar-refractivity contribution in [1.82, 2.24) is 4.72 Å². The molecule has 2 aromatic rings. The lowest BCUT2D eigenvalue weighted by Gasteiger charge is -2.17. The van der Waals surface area contributed by atoms with Crippen LogP contribution in [0.1, 0.15) is 18.9 Å². The molecule has 1 unspecified atom stereocenters. The highest BCUT2D eigenvalue weighted by atomic mass is 32.2. The number of amides is 1.